The van der Waals surface area contributed by atoms with Crippen LogP contribution in [0.5, 0.6) is 0 Å². The fraction of sp³-hybridized carbons (Fsp3) is 0.364. The van der Waals surface area contributed by atoms with Crippen molar-refractivity contribution in [3.05, 3.63) is 66.0 Å². The van der Waals surface area contributed by atoms with E-state index in [4.69, 9.17) is 9.72 Å². The zero-order valence-electron chi connectivity index (χ0n) is 16.0. The van der Waals surface area contributed by atoms with Gasteiger partial charge in [0.15, 0.2) is 0 Å². The third-order valence-electron chi connectivity index (χ3n) is 4.62. The molecule has 0 spiro atoms. The molecule has 1 unspecified atom stereocenters. The van der Waals surface area contributed by atoms with Crippen molar-refractivity contribution >= 4 is 16.9 Å². The van der Waals surface area contributed by atoms with Gasteiger partial charge >= 0.3 is 0 Å². The number of nitrogens with zero attached hydrogens (tertiary/aromatic N) is 2. The lowest BCUT2D eigenvalue weighted by molar-refractivity contribution is -0.125. The summed E-state index contributed by atoms with van der Waals surface area (Å²) in [6.45, 7) is 3.11. The van der Waals surface area contributed by atoms with Crippen molar-refractivity contribution in [2.45, 2.75) is 38.8 Å². The van der Waals surface area contributed by atoms with Crippen molar-refractivity contribution in [3.8, 4) is 0 Å². The number of hydrogen-bond acceptors (Lipinski definition) is 3. The van der Waals surface area contributed by atoms with Crippen LogP contribution in [0.25, 0.3) is 11.0 Å². The highest BCUT2D eigenvalue weighted by atomic mass is 16.5. The number of amides is 1. The van der Waals surface area contributed by atoms with E-state index in [-0.39, 0.29) is 18.6 Å². The molecule has 0 bridgehead atoms. The van der Waals surface area contributed by atoms with Crippen LogP contribution in [0.1, 0.15) is 37.2 Å². The molecule has 5 heteroatoms. The normalized spacial score (nSPS) is 12.2. The maximum Gasteiger partial charge on any atom is 0.246 e. The number of para-hydroxylation sites is 2. The van der Waals surface area contributed by atoms with Gasteiger partial charge in [0.2, 0.25) is 5.91 Å². The number of carbonyl (C=O) groups is 1. The average molecular weight is 365 g/mol. The maximum absolute atomic E-state index is 12.3. The number of unbranched alkanes of at least 4 members (excludes halogenated alkanes) is 1. The predicted octanol–water partition coefficient (Wildman–Crippen LogP) is 3.88. The van der Waals surface area contributed by atoms with Crippen LogP contribution in [0.4, 0.5) is 0 Å². The summed E-state index contributed by atoms with van der Waals surface area (Å²) in [5.74, 6) is 0.769. The Morgan fingerprint density at radius 1 is 1.15 bits per heavy atom. The molecule has 0 radical (unpaired) electrons. The smallest absolute Gasteiger partial charge is 0.246 e. The van der Waals surface area contributed by atoms with E-state index in [9.17, 15) is 4.79 Å². The third-order valence-corrected chi connectivity index (χ3v) is 4.62. The molecule has 3 rings (SSSR count). The molecular weight excluding hydrogens is 338 g/mol. The van der Waals surface area contributed by atoms with Gasteiger partial charge in [-0.1, -0.05) is 55.8 Å². The fourth-order valence-corrected chi connectivity index (χ4v) is 3.34. The Hall–Kier alpha value is -2.66. The van der Waals surface area contributed by atoms with Crippen molar-refractivity contribution in [1.82, 2.24) is 14.9 Å². The Balaban J connectivity index is 2.00. The van der Waals surface area contributed by atoms with Crippen LogP contribution < -0.4 is 5.32 Å². The van der Waals surface area contributed by atoms with Crippen LogP contribution in [-0.4, -0.2) is 29.2 Å². The third kappa shape index (κ3) is 4.74. The zero-order chi connectivity index (χ0) is 19.1. The summed E-state index contributed by atoms with van der Waals surface area (Å²) in [7, 11) is 1.53. The summed E-state index contributed by atoms with van der Waals surface area (Å²) >= 11 is 0. The summed E-state index contributed by atoms with van der Waals surface area (Å²) in [6, 6.07) is 18.1. The van der Waals surface area contributed by atoms with Gasteiger partial charge in [0.25, 0.3) is 0 Å². The zero-order valence-corrected chi connectivity index (χ0v) is 16.0. The van der Waals surface area contributed by atoms with Gasteiger partial charge in [-0.3, -0.25) is 4.79 Å². The fourth-order valence-electron chi connectivity index (χ4n) is 3.34. The number of aryl methyl sites for hydroxylation is 1. The van der Waals surface area contributed by atoms with Crippen molar-refractivity contribution < 1.29 is 9.53 Å². The van der Waals surface area contributed by atoms with Gasteiger partial charge in [-0.05, 0) is 30.5 Å². The lowest BCUT2D eigenvalue weighted by atomic mass is 10.1. The molecule has 1 heterocycles. The molecule has 0 fully saturated rings. The number of carbonyl (C=O) groups excluding carboxylic acids is 1. The standard InChI is InChI=1S/C22H27N3O2/c1-3-4-14-25-20-13-9-8-12-18(20)24-22(25)19(23-21(26)16-27-2)15-17-10-6-5-7-11-17/h5-13,19H,3-4,14-16H2,1-2H3,(H,23,26). The Morgan fingerprint density at radius 2 is 1.89 bits per heavy atom. The highest BCUT2D eigenvalue weighted by Gasteiger charge is 2.22. The van der Waals surface area contributed by atoms with E-state index in [1.54, 1.807) is 0 Å². The van der Waals surface area contributed by atoms with Crippen LogP contribution in [0.15, 0.2) is 54.6 Å². The number of methoxy groups -OCH3 is 1. The van der Waals surface area contributed by atoms with Gasteiger partial charge in [0.05, 0.1) is 17.1 Å². The maximum atomic E-state index is 12.3. The molecule has 1 aromatic heterocycles. The molecule has 27 heavy (non-hydrogen) atoms. The summed E-state index contributed by atoms with van der Waals surface area (Å²) in [4.78, 5) is 17.2. The summed E-state index contributed by atoms with van der Waals surface area (Å²) in [5.41, 5.74) is 3.23. The van der Waals surface area contributed by atoms with E-state index in [1.165, 1.54) is 7.11 Å². The molecule has 0 aliphatic heterocycles. The van der Waals surface area contributed by atoms with Gasteiger partial charge in [0, 0.05) is 13.7 Å². The molecule has 2 aromatic carbocycles. The van der Waals surface area contributed by atoms with Gasteiger partial charge in [0.1, 0.15) is 12.4 Å². The number of imidazole rings is 1. The monoisotopic (exact) mass is 365 g/mol. The SMILES string of the molecule is CCCCn1c(C(Cc2ccccc2)NC(=O)COC)nc2ccccc21. The molecule has 1 N–H and O–H groups in total. The van der Waals surface area contributed by atoms with E-state index in [2.05, 4.69) is 35.0 Å². The number of benzene rings is 2. The van der Waals surface area contributed by atoms with Crippen LogP contribution in [-0.2, 0) is 22.5 Å². The summed E-state index contributed by atoms with van der Waals surface area (Å²) in [6.07, 6.45) is 2.86. The van der Waals surface area contributed by atoms with Gasteiger partial charge in [-0.2, -0.15) is 0 Å². The first-order valence-corrected chi connectivity index (χ1v) is 9.50. The van der Waals surface area contributed by atoms with Crippen molar-refractivity contribution in [3.63, 3.8) is 0 Å². The van der Waals surface area contributed by atoms with Gasteiger partial charge in [-0.15, -0.1) is 0 Å². The highest BCUT2D eigenvalue weighted by Crippen LogP contribution is 2.24. The number of nitrogens with one attached hydrogen (secondary N) is 1. The van der Waals surface area contributed by atoms with Gasteiger partial charge in [-0.25, -0.2) is 4.98 Å². The predicted molar refractivity (Wildman–Crippen MR) is 108 cm³/mol. The lowest BCUT2D eigenvalue weighted by Gasteiger charge is -2.20. The number of ether oxygens (including phenoxy) is 1. The van der Waals surface area contributed by atoms with Crippen molar-refractivity contribution in [2.75, 3.05) is 13.7 Å². The largest absolute Gasteiger partial charge is 0.375 e. The first kappa shape index (κ1) is 19.1. The topological polar surface area (TPSA) is 56.2 Å². The van der Waals surface area contributed by atoms with E-state index in [0.717, 1.165) is 41.8 Å². The second-order valence-electron chi connectivity index (χ2n) is 6.71. The quantitative estimate of drug-likeness (QED) is 0.626. The molecule has 1 atom stereocenters. The lowest BCUT2D eigenvalue weighted by Crippen LogP contribution is -2.34. The molecule has 1 amide bonds. The minimum atomic E-state index is -0.209. The summed E-state index contributed by atoms with van der Waals surface area (Å²) < 4.78 is 7.25. The minimum Gasteiger partial charge on any atom is -0.375 e. The molecule has 0 saturated heterocycles. The number of hydrogen-bond donors (Lipinski definition) is 1. The van der Waals surface area contributed by atoms with Crippen molar-refractivity contribution in [1.29, 1.82) is 0 Å². The molecule has 0 aliphatic carbocycles. The molecule has 5 nitrogen and oxygen atoms in total. The van der Waals surface area contributed by atoms with Gasteiger partial charge < -0.3 is 14.6 Å². The van der Waals surface area contributed by atoms with E-state index in [0.29, 0.717) is 6.42 Å². The van der Waals surface area contributed by atoms with Crippen LogP contribution in [0.3, 0.4) is 0 Å². The Bertz CT molecular complexity index is 874. The Morgan fingerprint density at radius 3 is 2.63 bits per heavy atom. The molecule has 142 valence electrons. The van der Waals surface area contributed by atoms with E-state index >= 15 is 0 Å². The molecule has 0 aliphatic rings. The number of rotatable bonds is 9. The van der Waals surface area contributed by atoms with Crippen LogP contribution in [0, 0.1) is 0 Å². The second kappa shape index (κ2) is 9.33. The number of fused-ring (bicyclic) bond motifs is 1. The van der Waals surface area contributed by atoms with Crippen LogP contribution in [0.2, 0.25) is 0 Å². The highest BCUT2D eigenvalue weighted by molar-refractivity contribution is 5.79. The minimum absolute atomic E-state index is 0.0421. The molecule has 0 saturated carbocycles. The summed E-state index contributed by atoms with van der Waals surface area (Å²) in [5, 5.41) is 3.11. The first-order chi connectivity index (χ1) is 13.2. The molecular formula is C22H27N3O2. The van der Waals surface area contributed by atoms with Crippen LogP contribution >= 0.6 is 0 Å². The van der Waals surface area contributed by atoms with Crippen molar-refractivity contribution in [2.24, 2.45) is 0 Å². The van der Waals surface area contributed by atoms with E-state index in [1.807, 2.05) is 36.4 Å². The first-order valence-electron chi connectivity index (χ1n) is 9.50. The second-order valence-corrected chi connectivity index (χ2v) is 6.71. The molecule has 3 aromatic rings. The Labute approximate surface area is 160 Å². The van der Waals surface area contributed by atoms with E-state index < -0.39 is 0 Å². The number of aromatic nitrogens is 2. The average Bonchev–Trinajstić information content (AvgIpc) is 3.05. The Kier molecular flexibility index (Phi) is 6.60.